The number of likely N-dealkylation sites (tertiary alicyclic amines) is 1. The number of carbonyl (C=O) groups excluding carboxylic acids is 2. The van der Waals surface area contributed by atoms with E-state index in [4.69, 9.17) is 0 Å². The van der Waals surface area contributed by atoms with Crippen LogP contribution in [0, 0.1) is 23.2 Å². The van der Waals surface area contributed by atoms with Crippen molar-refractivity contribution < 1.29 is 9.59 Å². The molecule has 1 aromatic heterocycles. The van der Waals surface area contributed by atoms with E-state index in [9.17, 15) is 14.9 Å². The van der Waals surface area contributed by atoms with Crippen LogP contribution in [-0.2, 0) is 22.4 Å². The Morgan fingerprint density at radius 2 is 2.08 bits per heavy atom. The Labute approximate surface area is 152 Å². The van der Waals surface area contributed by atoms with Crippen molar-refractivity contribution >= 4 is 28.2 Å². The fourth-order valence-corrected chi connectivity index (χ4v) is 5.03. The summed E-state index contributed by atoms with van der Waals surface area (Å²) in [6.45, 7) is 6.88. The summed E-state index contributed by atoms with van der Waals surface area (Å²) in [5.41, 5.74) is 1.78. The number of amides is 2. The number of rotatable bonds is 3. The number of piperidine rings is 1. The van der Waals surface area contributed by atoms with E-state index < -0.39 is 0 Å². The molecule has 1 N–H and O–H groups in total. The smallest absolute Gasteiger partial charge is 0.245 e. The highest BCUT2D eigenvalue weighted by molar-refractivity contribution is 7.16. The molecule has 2 amide bonds. The second kappa shape index (κ2) is 7.40. The molecule has 1 aliphatic carbocycles. The van der Waals surface area contributed by atoms with E-state index in [0.717, 1.165) is 24.8 Å². The Hall–Kier alpha value is -2.13. The fourth-order valence-electron chi connectivity index (χ4n) is 3.66. The maximum absolute atomic E-state index is 12.6. The zero-order chi connectivity index (χ0) is 18.0. The topological polar surface area (TPSA) is 73.2 Å². The van der Waals surface area contributed by atoms with Gasteiger partial charge < -0.3 is 10.2 Å². The van der Waals surface area contributed by atoms with Gasteiger partial charge in [-0.15, -0.1) is 11.3 Å². The molecule has 6 heteroatoms. The third-order valence-electron chi connectivity index (χ3n) is 5.21. The predicted molar refractivity (Wildman–Crippen MR) is 98.4 cm³/mol. The molecular formula is C19H23N3O2S. The van der Waals surface area contributed by atoms with Crippen molar-refractivity contribution in [3.8, 4) is 6.07 Å². The van der Waals surface area contributed by atoms with Gasteiger partial charge in [0.2, 0.25) is 11.8 Å². The number of nitriles is 1. The van der Waals surface area contributed by atoms with Gasteiger partial charge in [-0.25, -0.2) is 0 Å². The van der Waals surface area contributed by atoms with E-state index in [1.54, 1.807) is 16.2 Å². The molecule has 0 aromatic carbocycles. The van der Waals surface area contributed by atoms with Crippen molar-refractivity contribution in [1.29, 1.82) is 5.26 Å². The van der Waals surface area contributed by atoms with E-state index in [1.807, 2.05) is 0 Å². The molecule has 3 rings (SSSR count). The van der Waals surface area contributed by atoms with Gasteiger partial charge in [-0.1, -0.05) is 13.5 Å². The zero-order valence-electron chi connectivity index (χ0n) is 14.5. The Balaban J connectivity index is 1.67. The highest BCUT2D eigenvalue weighted by atomic mass is 32.1. The lowest BCUT2D eigenvalue weighted by atomic mass is 9.88. The van der Waals surface area contributed by atoms with Gasteiger partial charge >= 0.3 is 0 Å². The first-order valence-corrected chi connectivity index (χ1v) is 9.62. The molecular weight excluding hydrogens is 334 g/mol. The summed E-state index contributed by atoms with van der Waals surface area (Å²) in [6.07, 6.45) is 5.63. The van der Waals surface area contributed by atoms with Crippen LogP contribution in [0.25, 0.3) is 0 Å². The van der Waals surface area contributed by atoms with Crippen molar-refractivity contribution in [3.05, 3.63) is 28.7 Å². The van der Waals surface area contributed by atoms with Crippen molar-refractivity contribution in [2.75, 3.05) is 18.4 Å². The molecule has 0 saturated carbocycles. The van der Waals surface area contributed by atoms with Gasteiger partial charge in [0.05, 0.1) is 5.56 Å². The summed E-state index contributed by atoms with van der Waals surface area (Å²) in [5, 5.41) is 13.2. The normalized spacial score (nSPS) is 20.5. The minimum absolute atomic E-state index is 0.0335. The van der Waals surface area contributed by atoms with E-state index in [-0.39, 0.29) is 17.7 Å². The second-order valence-electron chi connectivity index (χ2n) is 6.96. The predicted octanol–water partition coefficient (Wildman–Crippen LogP) is 3.11. The van der Waals surface area contributed by atoms with E-state index >= 15 is 0 Å². The Morgan fingerprint density at radius 3 is 2.72 bits per heavy atom. The third-order valence-corrected chi connectivity index (χ3v) is 6.38. The first kappa shape index (κ1) is 17.7. The van der Waals surface area contributed by atoms with Crippen LogP contribution in [0.2, 0.25) is 0 Å². The van der Waals surface area contributed by atoms with E-state index in [1.165, 1.54) is 11.0 Å². The minimum atomic E-state index is -0.113. The van der Waals surface area contributed by atoms with Gasteiger partial charge in [-0.05, 0) is 49.7 Å². The molecule has 1 atom stereocenters. The highest BCUT2D eigenvalue weighted by Crippen LogP contribution is 2.39. The van der Waals surface area contributed by atoms with Gasteiger partial charge in [-0.2, -0.15) is 5.26 Å². The van der Waals surface area contributed by atoms with Crippen LogP contribution in [0.5, 0.6) is 0 Å². The van der Waals surface area contributed by atoms with Crippen LogP contribution in [0.4, 0.5) is 5.00 Å². The van der Waals surface area contributed by atoms with E-state index in [0.29, 0.717) is 42.4 Å². The average molecular weight is 357 g/mol. The number of fused-ring (bicyclic) bond motifs is 1. The van der Waals surface area contributed by atoms with Crippen molar-refractivity contribution in [2.24, 2.45) is 11.8 Å². The molecule has 0 spiro atoms. The summed E-state index contributed by atoms with van der Waals surface area (Å²) in [6, 6.07) is 2.29. The summed E-state index contributed by atoms with van der Waals surface area (Å²) < 4.78 is 0. The zero-order valence-corrected chi connectivity index (χ0v) is 15.3. The quantitative estimate of drug-likeness (QED) is 0.845. The molecule has 132 valence electrons. The van der Waals surface area contributed by atoms with Crippen molar-refractivity contribution in [3.63, 3.8) is 0 Å². The number of nitrogens with zero attached hydrogens (tertiary/aromatic N) is 2. The lowest BCUT2D eigenvalue weighted by Crippen LogP contribution is -2.40. The molecule has 2 heterocycles. The van der Waals surface area contributed by atoms with E-state index in [2.05, 4.69) is 24.9 Å². The van der Waals surface area contributed by atoms with Crippen LogP contribution < -0.4 is 5.32 Å². The fraction of sp³-hybridized carbons (Fsp3) is 0.526. The average Bonchev–Trinajstić information content (AvgIpc) is 2.96. The third kappa shape index (κ3) is 3.62. The summed E-state index contributed by atoms with van der Waals surface area (Å²) >= 11 is 1.56. The standard InChI is InChI=1S/C19H23N3O2S/c1-3-17(23)22-8-6-13(7-9-22)18(24)21-19-15(11-20)14-5-4-12(2)10-16(14)25-19/h3,12-13H,1,4-10H2,2H3,(H,21,24). The number of nitrogens with one attached hydrogen (secondary N) is 1. The van der Waals surface area contributed by atoms with Crippen LogP contribution in [0.3, 0.4) is 0 Å². The van der Waals surface area contributed by atoms with Crippen LogP contribution in [0.1, 0.15) is 42.2 Å². The summed E-state index contributed by atoms with van der Waals surface area (Å²) in [5.74, 6) is 0.408. The molecule has 1 aliphatic heterocycles. The number of carbonyl (C=O) groups is 2. The molecule has 1 saturated heterocycles. The molecule has 1 unspecified atom stereocenters. The Kier molecular flexibility index (Phi) is 5.24. The van der Waals surface area contributed by atoms with Crippen molar-refractivity contribution in [1.82, 2.24) is 4.90 Å². The van der Waals surface area contributed by atoms with Crippen molar-refractivity contribution in [2.45, 2.75) is 39.0 Å². The largest absolute Gasteiger partial charge is 0.339 e. The lowest BCUT2D eigenvalue weighted by molar-refractivity contribution is -0.130. The Bertz CT molecular complexity index is 739. The molecule has 1 aromatic rings. The lowest BCUT2D eigenvalue weighted by Gasteiger charge is -2.30. The summed E-state index contributed by atoms with van der Waals surface area (Å²) in [7, 11) is 0. The highest BCUT2D eigenvalue weighted by Gasteiger charge is 2.29. The number of anilines is 1. The van der Waals surface area contributed by atoms with Gasteiger partial charge in [0, 0.05) is 23.9 Å². The molecule has 0 radical (unpaired) electrons. The van der Waals surface area contributed by atoms with Gasteiger partial charge in [0.1, 0.15) is 11.1 Å². The van der Waals surface area contributed by atoms with Crippen LogP contribution in [0.15, 0.2) is 12.7 Å². The van der Waals surface area contributed by atoms with Crippen LogP contribution in [-0.4, -0.2) is 29.8 Å². The molecule has 25 heavy (non-hydrogen) atoms. The maximum atomic E-state index is 12.6. The van der Waals surface area contributed by atoms with Gasteiger partial charge in [-0.3, -0.25) is 9.59 Å². The summed E-state index contributed by atoms with van der Waals surface area (Å²) in [4.78, 5) is 27.2. The molecule has 0 bridgehead atoms. The first-order valence-electron chi connectivity index (χ1n) is 8.80. The SMILES string of the molecule is C=CC(=O)N1CCC(C(=O)Nc2sc3c(c2C#N)CCC(C)C3)CC1. The number of hydrogen-bond acceptors (Lipinski definition) is 4. The number of thiophene rings is 1. The van der Waals surface area contributed by atoms with Crippen LogP contribution >= 0.6 is 11.3 Å². The number of hydrogen-bond donors (Lipinski definition) is 1. The molecule has 2 aliphatic rings. The monoisotopic (exact) mass is 357 g/mol. The van der Waals surface area contributed by atoms with Gasteiger partial charge in [0.25, 0.3) is 0 Å². The first-order chi connectivity index (χ1) is 12.0. The Morgan fingerprint density at radius 1 is 1.36 bits per heavy atom. The second-order valence-corrected chi connectivity index (χ2v) is 8.07. The van der Waals surface area contributed by atoms with Gasteiger partial charge in [0.15, 0.2) is 0 Å². The molecule has 1 fully saturated rings. The molecule has 5 nitrogen and oxygen atoms in total. The minimum Gasteiger partial charge on any atom is -0.339 e. The maximum Gasteiger partial charge on any atom is 0.245 e.